The number of hydrogen-bond donors (Lipinski definition) is 2. The third kappa shape index (κ3) is 8.12. The van der Waals surface area contributed by atoms with Crippen molar-refractivity contribution in [1.82, 2.24) is 10.2 Å². The number of halogens is 4. The Morgan fingerprint density at radius 3 is 2.39 bits per heavy atom. The summed E-state index contributed by atoms with van der Waals surface area (Å²) in [6.45, 7) is 4.81. The molecule has 1 heterocycles. The van der Waals surface area contributed by atoms with Crippen LogP contribution in [0.3, 0.4) is 0 Å². The van der Waals surface area contributed by atoms with Crippen LogP contribution >= 0.6 is 11.6 Å². The van der Waals surface area contributed by atoms with Gasteiger partial charge in [-0.3, -0.25) is 14.4 Å². The molecular weight excluding hydrogens is 463 g/mol. The summed E-state index contributed by atoms with van der Waals surface area (Å²) in [4.78, 5) is 38.4. The topological polar surface area (TPSA) is 91.7 Å². The summed E-state index contributed by atoms with van der Waals surface area (Å²) < 4.78 is 44.4. The highest BCUT2D eigenvalue weighted by atomic mass is 35.5. The number of furan rings is 1. The van der Waals surface area contributed by atoms with Gasteiger partial charge in [0, 0.05) is 24.1 Å². The molecule has 0 saturated heterocycles. The van der Waals surface area contributed by atoms with Gasteiger partial charge in [-0.25, -0.2) is 0 Å². The van der Waals surface area contributed by atoms with E-state index in [0.29, 0.717) is 5.76 Å². The van der Waals surface area contributed by atoms with Crippen LogP contribution in [-0.2, 0) is 27.1 Å². The van der Waals surface area contributed by atoms with Crippen LogP contribution in [0.4, 0.5) is 18.9 Å². The fourth-order valence-corrected chi connectivity index (χ4v) is 2.95. The van der Waals surface area contributed by atoms with Gasteiger partial charge < -0.3 is 20.0 Å². The Hall–Kier alpha value is -3.01. The Bertz CT molecular complexity index is 986. The van der Waals surface area contributed by atoms with Crippen LogP contribution in [-0.4, -0.2) is 35.7 Å². The van der Waals surface area contributed by atoms with Crippen LogP contribution in [0.2, 0.25) is 5.02 Å². The summed E-state index contributed by atoms with van der Waals surface area (Å²) in [5.74, 6) is -0.957. The number of hydrogen-bond acceptors (Lipinski definition) is 4. The average Bonchev–Trinajstić information content (AvgIpc) is 3.20. The van der Waals surface area contributed by atoms with Crippen molar-refractivity contribution in [2.75, 3.05) is 18.4 Å². The minimum absolute atomic E-state index is 0.0269. The maximum absolute atomic E-state index is 13.1. The second-order valence-electron chi connectivity index (χ2n) is 8.33. The molecular formula is C22H25ClF3N3O4. The highest BCUT2D eigenvalue weighted by Crippen LogP contribution is 2.36. The number of carbonyl (C=O) groups excluding carboxylic acids is 3. The van der Waals surface area contributed by atoms with Crippen molar-refractivity contribution in [3.05, 3.63) is 52.9 Å². The molecule has 2 aromatic rings. The van der Waals surface area contributed by atoms with E-state index < -0.39 is 40.5 Å². The van der Waals surface area contributed by atoms with Gasteiger partial charge in [0.25, 0.3) is 0 Å². The summed E-state index contributed by atoms with van der Waals surface area (Å²) in [6, 6.07) is 6.23. The lowest BCUT2D eigenvalue weighted by molar-refractivity contribution is -0.137. The molecule has 0 aliphatic carbocycles. The number of carbonyl (C=O) groups is 3. The quantitative estimate of drug-likeness (QED) is 0.574. The molecule has 0 bridgehead atoms. The van der Waals surface area contributed by atoms with E-state index in [-0.39, 0.29) is 31.1 Å². The molecule has 33 heavy (non-hydrogen) atoms. The summed E-state index contributed by atoms with van der Waals surface area (Å²) in [5, 5.41) is 4.51. The molecule has 1 aromatic heterocycles. The van der Waals surface area contributed by atoms with Gasteiger partial charge in [0.2, 0.25) is 17.7 Å². The van der Waals surface area contributed by atoms with Gasteiger partial charge in [0.1, 0.15) is 12.3 Å². The van der Waals surface area contributed by atoms with E-state index in [1.807, 2.05) is 0 Å². The first-order valence-corrected chi connectivity index (χ1v) is 10.4. The standard InChI is InChI=1S/C22H25ClF3N3O4/c1-21(2,3)20(32)27-9-8-19(31)29(12-15-5-4-10-33-15)13-18(30)28-14-6-7-17(23)16(11-14)22(24,25)26/h4-7,10-11H,8-9,12-13H2,1-3H3,(H,27,32)(H,28,30). The summed E-state index contributed by atoms with van der Waals surface area (Å²) in [5.41, 5.74) is -1.82. The van der Waals surface area contributed by atoms with Crippen LogP contribution in [0.1, 0.15) is 38.5 Å². The van der Waals surface area contributed by atoms with Crippen molar-refractivity contribution in [3.63, 3.8) is 0 Å². The number of amides is 3. The first kappa shape index (κ1) is 26.2. The van der Waals surface area contributed by atoms with Gasteiger partial charge in [0.05, 0.1) is 23.4 Å². The molecule has 7 nitrogen and oxygen atoms in total. The summed E-state index contributed by atoms with van der Waals surface area (Å²) >= 11 is 5.60. The fourth-order valence-electron chi connectivity index (χ4n) is 2.72. The lowest BCUT2D eigenvalue weighted by Crippen LogP contribution is -2.40. The molecule has 0 aliphatic heterocycles. The van der Waals surface area contributed by atoms with E-state index in [0.717, 1.165) is 12.1 Å². The molecule has 11 heteroatoms. The van der Waals surface area contributed by atoms with E-state index in [4.69, 9.17) is 16.0 Å². The minimum atomic E-state index is -4.68. The Balaban J connectivity index is 2.06. The largest absolute Gasteiger partial charge is 0.467 e. The van der Waals surface area contributed by atoms with Crippen LogP contribution in [0.25, 0.3) is 0 Å². The van der Waals surface area contributed by atoms with Gasteiger partial charge in [-0.2, -0.15) is 13.2 Å². The Labute approximate surface area is 194 Å². The zero-order chi connectivity index (χ0) is 24.8. The SMILES string of the molecule is CC(C)(C)C(=O)NCCC(=O)N(CC(=O)Nc1ccc(Cl)c(C(F)(F)F)c1)Cc1ccco1. The van der Waals surface area contributed by atoms with E-state index in [1.165, 1.54) is 17.2 Å². The van der Waals surface area contributed by atoms with Gasteiger partial charge in [-0.15, -0.1) is 0 Å². The van der Waals surface area contributed by atoms with Crippen molar-refractivity contribution in [2.24, 2.45) is 5.41 Å². The Kier molecular flexibility index (Phi) is 8.54. The molecule has 0 atom stereocenters. The number of rotatable bonds is 8. The number of anilines is 1. The second kappa shape index (κ2) is 10.7. The molecule has 0 radical (unpaired) electrons. The third-order valence-electron chi connectivity index (χ3n) is 4.48. The van der Waals surface area contributed by atoms with Crippen molar-refractivity contribution in [3.8, 4) is 0 Å². The molecule has 3 amide bonds. The van der Waals surface area contributed by atoms with E-state index in [9.17, 15) is 27.6 Å². The lowest BCUT2D eigenvalue weighted by atomic mass is 9.96. The number of nitrogens with one attached hydrogen (secondary N) is 2. The Morgan fingerprint density at radius 1 is 1.12 bits per heavy atom. The minimum Gasteiger partial charge on any atom is -0.467 e. The smallest absolute Gasteiger partial charge is 0.417 e. The molecule has 2 rings (SSSR count). The lowest BCUT2D eigenvalue weighted by Gasteiger charge is -2.22. The van der Waals surface area contributed by atoms with Gasteiger partial charge in [0.15, 0.2) is 0 Å². The normalized spacial score (nSPS) is 11.7. The van der Waals surface area contributed by atoms with Crippen molar-refractivity contribution < 1.29 is 32.0 Å². The maximum atomic E-state index is 13.1. The predicted molar refractivity (Wildman–Crippen MR) is 116 cm³/mol. The van der Waals surface area contributed by atoms with Crippen LogP contribution in [0, 0.1) is 5.41 Å². The van der Waals surface area contributed by atoms with Crippen LogP contribution in [0.5, 0.6) is 0 Å². The molecule has 2 N–H and O–H groups in total. The van der Waals surface area contributed by atoms with Gasteiger partial charge >= 0.3 is 6.18 Å². The first-order valence-electron chi connectivity index (χ1n) is 10.0. The number of alkyl halides is 3. The molecule has 0 aliphatic rings. The van der Waals surface area contributed by atoms with Crippen LogP contribution < -0.4 is 10.6 Å². The first-order chi connectivity index (χ1) is 15.3. The zero-order valence-electron chi connectivity index (χ0n) is 18.4. The zero-order valence-corrected chi connectivity index (χ0v) is 19.1. The summed E-state index contributed by atoms with van der Waals surface area (Å²) in [6.07, 6.45) is -3.35. The number of benzene rings is 1. The summed E-state index contributed by atoms with van der Waals surface area (Å²) in [7, 11) is 0. The average molecular weight is 488 g/mol. The second-order valence-corrected chi connectivity index (χ2v) is 8.73. The van der Waals surface area contributed by atoms with Crippen LogP contribution in [0.15, 0.2) is 41.0 Å². The highest BCUT2D eigenvalue weighted by Gasteiger charge is 2.33. The van der Waals surface area contributed by atoms with E-state index in [1.54, 1.807) is 32.9 Å². The fraction of sp³-hybridized carbons (Fsp3) is 0.409. The number of nitrogens with zero attached hydrogens (tertiary/aromatic N) is 1. The monoisotopic (exact) mass is 487 g/mol. The van der Waals surface area contributed by atoms with Crippen molar-refractivity contribution in [2.45, 2.75) is 39.9 Å². The van der Waals surface area contributed by atoms with E-state index in [2.05, 4.69) is 10.6 Å². The molecule has 0 spiro atoms. The Morgan fingerprint density at radius 2 is 1.82 bits per heavy atom. The highest BCUT2D eigenvalue weighted by molar-refractivity contribution is 6.31. The molecule has 180 valence electrons. The maximum Gasteiger partial charge on any atom is 0.417 e. The molecule has 1 aromatic carbocycles. The molecule has 0 saturated carbocycles. The van der Waals surface area contributed by atoms with E-state index >= 15 is 0 Å². The van der Waals surface area contributed by atoms with Gasteiger partial charge in [-0.05, 0) is 30.3 Å². The van der Waals surface area contributed by atoms with Crippen molar-refractivity contribution >= 4 is 35.0 Å². The molecule has 0 fully saturated rings. The van der Waals surface area contributed by atoms with Gasteiger partial charge in [-0.1, -0.05) is 32.4 Å². The van der Waals surface area contributed by atoms with Crippen molar-refractivity contribution in [1.29, 1.82) is 0 Å². The third-order valence-corrected chi connectivity index (χ3v) is 4.80. The predicted octanol–water partition coefficient (Wildman–Crippen LogP) is 4.47. The molecule has 0 unspecified atom stereocenters.